The molecule has 20 heavy (non-hydrogen) atoms. The van der Waals surface area contributed by atoms with E-state index >= 15 is 0 Å². The summed E-state index contributed by atoms with van der Waals surface area (Å²) in [4.78, 5) is 2.61. The third-order valence-corrected chi connectivity index (χ3v) is 4.50. The predicted octanol–water partition coefficient (Wildman–Crippen LogP) is 3.53. The highest BCUT2D eigenvalue weighted by Crippen LogP contribution is 2.37. The summed E-state index contributed by atoms with van der Waals surface area (Å²) in [7, 11) is 0. The molecule has 0 aliphatic carbocycles. The lowest BCUT2D eigenvalue weighted by Gasteiger charge is -2.38. The van der Waals surface area contributed by atoms with Crippen molar-refractivity contribution in [3.05, 3.63) is 35.9 Å². The maximum atomic E-state index is 3.53. The zero-order valence-corrected chi connectivity index (χ0v) is 14.2. The second-order valence-corrected chi connectivity index (χ2v) is 5.69. The van der Waals surface area contributed by atoms with Gasteiger partial charge in [0.25, 0.3) is 0 Å². The molecule has 0 atom stereocenters. The summed E-state index contributed by atoms with van der Waals surface area (Å²) < 4.78 is 0. The van der Waals surface area contributed by atoms with Gasteiger partial charge in [0.2, 0.25) is 0 Å². The molecule has 1 aromatic carbocycles. The van der Waals surface area contributed by atoms with Crippen molar-refractivity contribution in [3.63, 3.8) is 0 Å². The van der Waals surface area contributed by atoms with E-state index in [0.717, 1.165) is 6.54 Å². The first kappa shape index (κ1) is 20.0. The lowest BCUT2D eigenvalue weighted by Crippen LogP contribution is -2.40. The number of halogens is 3. The molecule has 2 aliphatic heterocycles. The molecule has 0 bridgehead atoms. The molecule has 2 heterocycles. The summed E-state index contributed by atoms with van der Waals surface area (Å²) in [5.74, 6) is 0. The van der Waals surface area contributed by atoms with Gasteiger partial charge in [0, 0.05) is 13.1 Å². The third-order valence-electron chi connectivity index (χ3n) is 4.50. The molecule has 1 N–H and O–H groups in total. The lowest BCUT2D eigenvalue weighted by atomic mass is 9.78. The van der Waals surface area contributed by atoms with Crippen LogP contribution in [0.5, 0.6) is 0 Å². The minimum Gasteiger partial charge on any atom is -0.316 e. The van der Waals surface area contributed by atoms with Gasteiger partial charge in [-0.15, -0.1) is 37.2 Å². The van der Waals surface area contributed by atoms with Gasteiger partial charge in [-0.3, -0.25) is 4.90 Å². The fourth-order valence-electron chi connectivity index (χ4n) is 3.25. The van der Waals surface area contributed by atoms with Gasteiger partial charge in [-0.05, 0) is 49.9 Å². The summed E-state index contributed by atoms with van der Waals surface area (Å²) in [5, 5.41) is 3.53. The van der Waals surface area contributed by atoms with Crippen LogP contribution in [0.4, 0.5) is 0 Å². The van der Waals surface area contributed by atoms with Crippen molar-refractivity contribution in [1.82, 2.24) is 10.2 Å². The molecule has 116 valence electrons. The third kappa shape index (κ3) is 4.78. The average Bonchev–Trinajstić information content (AvgIpc) is 2.83. The Kier molecular flexibility index (Phi) is 9.12. The largest absolute Gasteiger partial charge is 0.316 e. The molecule has 0 unspecified atom stereocenters. The fraction of sp³-hybridized carbons (Fsp3) is 0.600. The smallest absolute Gasteiger partial charge is 0.0233 e. The van der Waals surface area contributed by atoms with Gasteiger partial charge in [-0.25, -0.2) is 0 Å². The summed E-state index contributed by atoms with van der Waals surface area (Å²) >= 11 is 0. The zero-order chi connectivity index (χ0) is 11.6. The Morgan fingerprint density at radius 3 is 2.15 bits per heavy atom. The molecule has 2 nitrogen and oxygen atoms in total. The Morgan fingerprint density at radius 1 is 0.950 bits per heavy atom. The molecule has 1 spiro atoms. The van der Waals surface area contributed by atoms with Crippen LogP contribution >= 0.6 is 37.2 Å². The summed E-state index contributed by atoms with van der Waals surface area (Å²) in [5.41, 5.74) is 2.10. The predicted molar refractivity (Wildman–Crippen MR) is 92.6 cm³/mol. The minimum atomic E-state index is 0. The number of nitrogens with one attached hydrogen (secondary N) is 1. The molecule has 0 radical (unpaired) electrons. The van der Waals surface area contributed by atoms with Crippen LogP contribution in [0.2, 0.25) is 0 Å². The topological polar surface area (TPSA) is 15.3 Å². The number of rotatable bonds is 2. The first-order valence-electron chi connectivity index (χ1n) is 6.83. The maximum absolute atomic E-state index is 3.53. The Balaban J connectivity index is 0.00000120. The van der Waals surface area contributed by atoms with Gasteiger partial charge in [-0.2, -0.15) is 0 Å². The van der Waals surface area contributed by atoms with E-state index in [1.165, 1.54) is 51.0 Å². The van der Waals surface area contributed by atoms with E-state index in [2.05, 4.69) is 40.5 Å². The van der Waals surface area contributed by atoms with Crippen molar-refractivity contribution in [2.75, 3.05) is 26.2 Å². The number of nitrogens with zero attached hydrogens (tertiary/aromatic N) is 1. The van der Waals surface area contributed by atoms with Crippen LogP contribution in [0.1, 0.15) is 24.8 Å². The Bertz CT molecular complexity index is 357. The van der Waals surface area contributed by atoms with Crippen LogP contribution in [0.15, 0.2) is 30.3 Å². The second-order valence-electron chi connectivity index (χ2n) is 5.69. The van der Waals surface area contributed by atoms with E-state index in [-0.39, 0.29) is 37.2 Å². The van der Waals surface area contributed by atoms with Crippen molar-refractivity contribution in [1.29, 1.82) is 0 Å². The van der Waals surface area contributed by atoms with E-state index in [4.69, 9.17) is 0 Å². The van der Waals surface area contributed by atoms with Crippen LogP contribution in [0, 0.1) is 5.41 Å². The number of benzene rings is 1. The van der Waals surface area contributed by atoms with Crippen LogP contribution in [-0.4, -0.2) is 31.1 Å². The summed E-state index contributed by atoms with van der Waals surface area (Å²) in [6.45, 7) is 6.17. The van der Waals surface area contributed by atoms with Crippen LogP contribution < -0.4 is 5.32 Å². The minimum absolute atomic E-state index is 0. The molecule has 0 saturated carbocycles. The van der Waals surface area contributed by atoms with Gasteiger partial charge < -0.3 is 5.32 Å². The molecule has 3 rings (SSSR count). The molecular formula is C15H25Cl3N2. The first-order chi connectivity index (χ1) is 8.36. The normalized spacial score (nSPS) is 20.6. The summed E-state index contributed by atoms with van der Waals surface area (Å²) in [6, 6.07) is 10.9. The zero-order valence-electron chi connectivity index (χ0n) is 11.7. The maximum Gasteiger partial charge on any atom is 0.0233 e. The van der Waals surface area contributed by atoms with Crippen molar-refractivity contribution in [2.24, 2.45) is 5.41 Å². The quantitative estimate of drug-likeness (QED) is 0.887. The fourth-order valence-corrected chi connectivity index (χ4v) is 3.25. The van der Waals surface area contributed by atoms with Crippen molar-refractivity contribution >= 4 is 37.2 Å². The average molecular weight is 340 g/mol. The molecule has 0 amide bonds. The van der Waals surface area contributed by atoms with E-state index < -0.39 is 0 Å². The highest BCUT2D eigenvalue weighted by molar-refractivity contribution is 5.86. The van der Waals surface area contributed by atoms with E-state index in [1.807, 2.05) is 0 Å². The highest BCUT2D eigenvalue weighted by atomic mass is 35.5. The van der Waals surface area contributed by atoms with Crippen molar-refractivity contribution < 1.29 is 0 Å². The molecule has 2 saturated heterocycles. The molecule has 2 aliphatic rings. The van der Waals surface area contributed by atoms with Crippen molar-refractivity contribution in [2.45, 2.75) is 25.8 Å². The van der Waals surface area contributed by atoms with Gasteiger partial charge in [0.05, 0.1) is 0 Å². The molecular weight excluding hydrogens is 315 g/mol. The van der Waals surface area contributed by atoms with Crippen LogP contribution in [0.3, 0.4) is 0 Å². The number of piperidine rings is 1. The van der Waals surface area contributed by atoms with E-state index in [1.54, 1.807) is 0 Å². The van der Waals surface area contributed by atoms with Gasteiger partial charge in [0.15, 0.2) is 0 Å². The Morgan fingerprint density at radius 2 is 1.60 bits per heavy atom. The standard InChI is InChI=1S/C15H22N2.3ClH/c1-2-4-14(5-3-1)12-17-10-7-15(8-11-17)6-9-16-13-15;;;/h1-5,16H,6-13H2;3*1H. The van der Waals surface area contributed by atoms with Crippen LogP contribution in [0.25, 0.3) is 0 Å². The molecule has 5 heteroatoms. The molecule has 0 aromatic heterocycles. The number of hydrogen-bond acceptors (Lipinski definition) is 2. The number of hydrogen-bond donors (Lipinski definition) is 1. The first-order valence-corrected chi connectivity index (χ1v) is 6.83. The summed E-state index contributed by atoms with van der Waals surface area (Å²) in [6.07, 6.45) is 4.16. The SMILES string of the molecule is Cl.Cl.Cl.c1ccc(CN2CCC3(CCNC3)CC2)cc1. The van der Waals surface area contributed by atoms with E-state index in [9.17, 15) is 0 Å². The monoisotopic (exact) mass is 338 g/mol. The second kappa shape index (κ2) is 9.11. The highest BCUT2D eigenvalue weighted by Gasteiger charge is 2.36. The molecule has 1 aromatic rings. The van der Waals surface area contributed by atoms with Gasteiger partial charge in [-0.1, -0.05) is 30.3 Å². The van der Waals surface area contributed by atoms with Crippen LogP contribution in [-0.2, 0) is 6.54 Å². The Labute approximate surface area is 140 Å². The van der Waals surface area contributed by atoms with E-state index in [0.29, 0.717) is 5.41 Å². The number of likely N-dealkylation sites (tertiary alicyclic amines) is 1. The van der Waals surface area contributed by atoms with Crippen molar-refractivity contribution in [3.8, 4) is 0 Å². The van der Waals surface area contributed by atoms with Gasteiger partial charge in [0.1, 0.15) is 0 Å². The Hall–Kier alpha value is 0.01000. The van der Waals surface area contributed by atoms with Gasteiger partial charge >= 0.3 is 0 Å². The molecule has 2 fully saturated rings. The lowest BCUT2D eigenvalue weighted by molar-refractivity contribution is 0.114.